The van der Waals surface area contributed by atoms with E-state index < -0.39 is 0 Å². The first-order valence-corrected chi connectivity index (χ1v) is 7.26. The molecule has 3 N–H and O–H groups in total. The van der Waals surface area contributed by atoms with Crippen LogP contribution >= 0.6 is 0 Å². The summed E-state index contributed by atoms with van der Waals surface area (Å²) < 4.78 is 0. The molecule has 3 rings (SSSR count). The number of amides is 1. The Bertz CT molecular complexity index is 489. The van der Waals surface area contributed by atoms with Crippen molar-refractivity contribution in [2.75, 3.05) is 0 Å². The highest BCUT2D eigenvalue weighted by atomic mass is 16.1. The first-order valence-electron chi connectivity index (χ1n) is 7.26. The molecule has 1 unspecified atom stereocenters. The third kappa shape index (κ3) is 2.81. The van der Waals surface area contributed by atoms with Gasteiger partial charge in [-0.15, -0.1) is 0 Å². The molecule has 0 saturated heterocycles. The van der Waals surface area contributed by atoms with Crippen molar-refractivity contribution in [2.24, 2.45) is 11.7 Å². The molecule has 1 aromatic carbocycles. The molecule has 0 heterocycles. The van der Waals surface area contributed by atoms with Crippen LogP contribution in [-0.2, 0) is 16.8 Å². The maximum atomic E-state index is 12.0. The molecule has 0 aliphatic heterocycles. The van der Waals surface area contributed by atoms with Crippen LogP contribution in [0.3, 0.4) is 0 Å². The molecule has 0 aromatic heterocycles. The number of hydrogen-bond acceptors (Lipinski definition) is 2. The SMILES string of the molecule is CC(Cc1ccccc1C1(N)CC1)C(=O)NC1CC1. The molecule has 3 nitrogen and oxygen atoms in total. The molecule has 0 radical (unpaired) electrons. The topological polar surface area (TPSA) is 55.1 Å². The quantitative estimate of drug-likeness (QED) is 0.849. The molecule has 2 aliphatic rings. The highest BCUT2D eigenvalue weighted by molar-refractivity contribution is 5.79. The molecule has 0 bridgehead atoms. The van der Waals surface area contributed by atoms with Crippen molar-refractivity contribution in [2.45, 2.75) is 50.6 Å². The van der Waals surface area contributed by atoms with Crippen LogP contribution in [0.5, 0.6) is 0 Å². The summed E-state index contributed by atoms with van der Waals surface area (Å²) in [4.78, 5) is 12.0. The van der Waals surface area contributed by atoms with Crippen LogP contribution in [0.1, 0.15) is 43.7 Å². The maximum Gasteiger partial charge on any atom is 0.223 e. The summed E-state index contributed by atoms with van der Waals surface area (Å²) in [7, 11) is 0. The minimum Gasteiger partial charge on any atom is -0.353 e. The summed E-state index contributed by atoms with van der Waals surface area (Å²) in [6, 6.07) is 8.75. The number of carbonyl (C=O) groups is 1. The highest BCUT2D eigenvalue weighted by Crippen LogP contribution is 2.44. The van der Waals surface area contributed by atoms with Gasteiger partial charge in [0.1, 0.15) is 0 Å². The monoisotopic (exact) mass is 258 g/mol. The Balaban J connectivity index is 1.70. The fourth-order valence-corrected chi connectivity index (χ4v) is 2.58. The van der Waals surface area contributed by atoms with E-state index in [9.17, 15) is 4.79 Å². The van der Waals surface area contributed by atoms with Crippen molar-refractivity contribution in [3.05, 3.63) is 35.4 Å². The van der Waals surface area contributed by atoms with E-state index in [2.05, 4.69) is 17.4 Å². The zero-order valence-corrected chi connectivity index (χ0v) is 11.5. The predicted molar refractivity (Wildman–Crippen MR) is 75.6 cm³/mol. The van der Waals surface area contributed by atoms with E-state index in [0.717, 1.165) is 32.1 Å². The minimum absolute atomic E-state index is 0.0177. The van der Waals surface area contributed by atoms with Crippen LogP contribution in [0.25, 0.3) is 0 Å². The molecule has 1 amide bonds. The van der Waals surface area contributed by atoms with Crippen molar-refractivity contribution in [3.8, 4) is 0 Å². The fourth-order valence-electron chi connectivity index (χ4n) is 2.58. The van der Waals surface area contributed by atoms with Crippen molar-refractivity contribution >= 4 is 5.91 Å². The van der Waals surface area contributed by atoms with Gasteiger partial charge in [-0.1, -0.05) is 31.2 Å². The molecular weight excluding hydrogens is 236 g/mol. The van der Waals surface area contributed by atoms with Gasteiger partial charge in [-0.05, 0) is 43.2 Å². The average Bonchev–Trinajstić information content (AvgIpc) is 3.29. The average molecular weight is 258 g/mol. The second-order valence-electron chi connectivity index (χ2n) is 6.20. The molecule has 102 valence electrons. The second-order valence-corrected chi connectivity index (χ2v) is 6.20. The summed E-state index contributed by atoms with van der Waals surface area (Å²) in [6.07, 6.45) is 5.19. The minimum atomic E-state index is -0.122. The summed E-state index contributed by atoms with van der Waals surface area (Å²) in [6.45, 7) is 2.00. The van der Waals surface area contributed by atoms with Gasteiger partial charge in [0.25, 0.3) is 0 Å². The van der Waals surface area contributed by atoms with E-state index in [-0.39, 0.29) is 17.4 Å². The normalized spacial score (nSPS) is 21.8. The zero-order chi connectivity index (χ0) is 13.5. The standard InChI is InChI=1S/C16H22N2O/c1-11(15(19)18-13-6-7-13)10-12-4-2-3-5-14(12)16(17)8-9-16/h2-5,11,13H,6-10,17H2,1H3,(H,18,19). The number of benzene rings is 1. The molecule has 0 spiro atoms. The Morgan fingerprint density at radius 2 is 2.11 bits per heavy atom. The van der Waals surface area contributed by atoms with E-state index in [0.29, 0.717) is 6.04 Å². The van der Waals surface area contributed by atoms with Gasteiger partial charge in [0.2, 0.25) is 5.91 Å². The first kappa shape index (κ1) is 12.7. The van der Waals surface area contributed by atoms with Crippen molar-refractivity contribution < 1.29 is 4.79 Å². The van der Waals surface area contributed by atoms with Crippen LogP contribution in [-0.4, -0.2) is 11.9 Å². The van der Waals surface area contributed by atoms with Gasteiger partial charge in [0.05, 0.1) is 0 Å². The predicted octanol–water partition coefficient (Wildman–Crippen LogP) is 2.09. The largest absolute Gasteiger partial charge is 0.353 e. The molecule has 2 fully saturated rings. The van der Waals surface area contributed by atoms with Crippen LogP contribution in [0, 0.1) is 5.92 Å². The van der Waals surface area contributed by atoms with Crippen LogP contribution in [0.2, 0.25) is 0 Å². The van der Waals surface area contributed by atoms with E-state index >= 15 is 0 Å². The van der Waals surface area contributed by atoms with E-state index in [1.165, 1.54) is 11.1 Å². The lowest BCUT2D eigenvalue weighted by atomic mass is 9.92. The highest BCUT2D eigenvalue weighted by Gasteiger charge is 2.41. The number of nitrogens with one attached hydrogen (secondary N) is 1. The lowest BCUT2D eigenvalue weighted by molar-refractivity contribution is -0.124. The third-order valence-electron chi connectivity index (χ3n) is 4.24. The maximum absolute atomic E-state index is 12.0. The summed E-state index contributed by atoms with van der Waals surface area (Å²) in [5, 5.41) is 3.08. The first-order chi connectivity index (χ1) is 9.08. The summed E-state index contributed by atoms with van der Waals surface area (Å²) in [5.41, 5.74) is 8.66. The van der Waals surface area contributed by atoms with Gasteiger partial charge in [0, 0.05) is 17.5 Å². The van der Waals surface area contributed by atoms with Gasteiger partial charge in [-0.3, -0.25) is 4.79 Å². The van der Waals surface area contributed by atoms with E-state index in [1.807, 2.05) is 19.1 Å². The Kier molecular flexibility index (Phi) is 3.09. The number of rotatable bonds is 5. The lowest BCUT2D eigenvalue weighted by Gasteiger charge is -2.18. The second kappa shape index (κ2) is 4.64. The number of hydrogen-bond donors (Lipinski definition) is 2. The molecule has 3 heteroatoms. The fraction of sp³-hybridized carbons (Fsp3) is 0.562. The summed E-state index contributed by atoms with van der Waals surface area (Å²) in [5.74, 6) is 0.197. The zero-order valence-electron chi connectivity index (χ0n) is 11.5. The van der Waals surface area contributed by atoms with Gasteiger partial charge < -0.3 is 11.1 Å². The molecule has 1 atom stereocenters. The number of carbonyl (C=O) groups excluding carboxylic acids is 1. The third-order valence-corrected chi connectivity index (χ3v) is 4.24. The summed E-state index contributed by atoms with van der Waals surface area (Å²) >= 11 is 0. The van der Waals surface area contributed by atoms with Crippen molar-refractivity contribution in [3.63, 3.8) is 0 Å². The molecule has 1 aromatic rings. The van der Waals surface area contributed by atoms with Crippen molar-refractivity contribution in [1.82, 2.24) is 5.32 Å². The Labute approximate surface area is 114 Å². The smallest absolute Gasteiger partial charge is 0.223 e. The molecular formula is C16H22N2O. The van der Waals surface area contributed by atoms with E-state index in [1.54, 1.807) is 0 Å². The Morgan fingerprint density at radius 1 is 1.42 bits per heavy atom. The Hall–Kier alpha value is -1.35. The Morgan fingerprint density at radius 3 is 2.74 bits per heavy atom. The number of nitrogens with two attached hydrogens (primary N) is 1. The molecule has 2 aliphatic carbocycles. The molecule has 2 saturated carbocycles. The van der Waals surface area contributed by atoms with Gasteiger partial charge >= 0.3 is 0 Å². The van der Waals surface area contributed by atoms with Crippen molar-refractivity contribution in [1.29, 1.82) is 0 Å². The van der Waals surface area contributed by atoms with Gasteiger partial charge in [0.15, 0.2) is 0 Å². The van der Waals surface area contributed by atoms with Crippen LogP contribution < -0.4 is 11.1 Å². The van der Waals surface area contributed by atoms with Crippen LogP contribution in [0.4, 0.5) is 0 Å². The molecule has 19 heavy (non-hydrogen) atoms. The van der Waals surface area contributed by atoms with Crippen LogP contribution in [0.15, 0.2) is 24.3 Å². The van der Waals surface area contributed by atoms with Gasteiger partial charge in [-0.25, -0.2) is 0 Å². The van der Waals surface area contributed by atoms with Gasteiger partial charge in [-0.2, -0.15) is 0 Å². The lowest BCUT2D eigenvalue weighted by Crippen LogP contribution is -2.32. The van der Waals surface area contributed by atoms with E-state index in [4.69, 9.17) is 5.73 Å².